The smallest absolute Gasteiger partial charge is 0.230 e. The summed E-state index contributed by atoms with van der Waals surface area (Å²) in [6, 6.07) is 0. The molecule has 0 bridgehead atoms. The highest BCUT2D eigenvalue weighted by molar-refractivity contribution is 5.82. The van der Waals surface area contributed by atoms with Gasteiger partial charge in [0.2, 0.25) is 5.91 Å². The highest BCUT2D eigenvalue weighted by Crippen LogP contribution is 2.16. The second kappa shape index (κ2) is 8.70. The first kappa shape index (κ1) is 16.6. The quantitative estimate of drug-likeness (QED) is 0.558. The van der Waals surface area contributed by atoms with Crippen molar-refractivity contribution in [3.63, 3.8) is 0 Å². The van der Waals surface area contributed by atoms with E-state index in [-0.39, 0.29) is 18.5 Å². The van der Waals surface area contributed by atoms with Crippen molar-refractivity contribution in [1.29, 1.82) is 0 Å². The molecule has 2 N–H and O–H groups in total. The van der Waals surface area contributed by atoms with Crippen molar-refractivity contribution in [3.05, 3.63) is 36.5 Å². The summed E-state index contributed by atoms with van der Waals surface area (Å²) in [7, 11) is 0. The van der Waals surface area contributed by atoms with Crippen LogP contribution in [0.4, 0.5) is 0 Å². The fourth-order valence-electron chi connectivity index (χ4n) is 1.78. The van der Waals surface area contributed by atoms with Gasteiger partial charge in [-0.15, -0.1) is 0 Å². The van der Waals surface area contributed by atoms with E-state index in [4.69, 9.17) is 5.73 Å². The first-order valence-corrected chi connectivity index (χ1v) is 6.42. The average molecular weight is 250 g/mol. The molecule has 18 heavy (non-hydrogen) atoms. The van der Waals surface area contributed by atoms with Crippen molar-refractivity contribution in [2.24, 2.45) is 17.6 Å². The van der Waals surface area contributed by atoms with Gasteiger partial charge in [-0.1, -0.05) is 44.7 Å². The highest BCUT2D eigenvalue weighted by atomic mass is 16.2. The standard InChI is InChI=1S/C15H26N2O/c1-6-8-14(9-7-2)13(5)15(18)17(11-16)10-12(3)4/h6-9,12-13H,1,10-11,16H2,2-5H3/b9-7-,14-8+. The first-order chi connectivity index (χ1) is 8.47. The average Bonchev–Trinajstić information content (AvgIpc) is 2.33. The largest absolute Gasteiger partial charge is 0.329 e. The van der Waals surface area contributed by atoms with Crippen LogP contribution in [0.2, 0.25) is 0 Å². The van der Waals surface area contributed by atoms with Crippen LogP contribution in [0, 0.1) is 11.8 Å². The van der Waals surface area contributed by atoms with Gasteiger partial charge in [-0.25, -0.2) is 0 Å². The zero-order valence-electron chi connectivity index (χ0n) is 12.0. The molecule has 1 unspecified atom stereocenters. The van der Waals surface area contributed by atoms with Crippen LogP contribution in [-0.2, 0) is 4.79 Å². The Balaban J connectivity index is 4.93. The van der Waals surface area contributed by atoms with Gasteiger partial charge in [0.1, 0.15) is 0 Å². The van der Waals surface area contributed by atoms with Crippen LogP contribution < -0.4 is 5.73 Å². The molecule has 0 aromatic carbocycles. The molecule has 0 aliphatic carbocycles. The SMILES string of the molecule is C=C/C=C(\C=C/C)C(C)C(=O)N(CN)CC(C)C. The van der Waals surface area contributed by atoms with E-state index in [0.717, 1.165) is 5.57 Å². The van der Waals surface area contributed by atoms with Crippen LogP contribution in [0.1, 0.15) is 27.7 Å². The van der Waals surface area contributed by atoms with E-state index < -0.39 is 0 Å². The maximum atomic E-state index is 12.3. The topological polar surface area (TPSA) is 46.3 Å². The number of allylic oxidation sites excluding steroid dienone is 4. The van der Waals surface area contributed by atoms with Gasteiger partial charge in [0.15, 0.2) is 0 Å². The Kier molecular flexibility index (Phi) is 8.05. The lowest BCUT2D eigenvalue weighted by molar-refractivity contribution is -0.134. The summed E-state index contributed by atoms with van der Waals surface area (Å²) < 4.78 is 0. The zero-order chi connectivity index (χ0) is 14.1. The molecule has 0 aliphatic heterocycles. The van der Waals surface area contributed by atoms with Crippen molar-refractivity contribution >= 4 is 5.91 Å². The Hall–Kier alpha value is -1.35. The Morgan fingerprint density at radius 2 is 2.00 bits per heavy atom. The van der Waals surface area contributed by atoms with Gasteiger partial charge in [0.25, 0.3) is 0 Å². The number of nitrogens with two attached hydrogens (primary N) is 1. The van der Waals surface area contributed by atoms with E-state index in [1.165, 1.54) is 0 Å². The number of carbonyl (C=O) groups excluding carboxylic acids is 1. The van der Waals surface area contributed by atoms with Gasteiger partial charge in [-0.3, -0.25) is 4.79 Å². The summed E-state index contributed by atoms with van der Waals surface area (Å²) in [6.07, 6.45) is 7.43. The fraction of sp³-hybridized carbons (Fsp3) is 0.533. The molecule has 1 atom stereocenters. The molecule has 3 heteroatoms. The maximum Gasteiger partial charge on any atom is 0.230 e. The third kappa shape index (κ3) is 5.32. The van der Waals surface area contributed by atoms with Crippen LogP contribution in [0.15, 0.2) is 36.5 Å². The van der Waals surface area contributed by atoms with Crippen LogP contribution in [0.25, 0.3) is 0 Å². The van der Waals surface area contributed by atoms with Crippen molar-refractivity contribution in [3.8, 4) is 0 Å². The molecule has 3 nitrogen and oxygen atoms in total. The molecule has 0 fully saturated rings. The van der Waals surface area contributed by atoms with Gasteiger partial charge in [-0.05, 0) is 25.3 Å². The highest BCUT2D eigenvalue weighted by Gasteiger charge is 2.21. The number of hydrogen-bond acceptors (Lipinski definition) is 2. The van der Waals surface area contributed by atoms with E-state index in [1.807, 2.05) is 32.1 Å². The zero-order valence-corrected chi connectivity index (χ0v) is 12.0. The van der Waals surface area contributed by atoms with Crippen LogP contribution in [-0.4, -0.2) is 24.0 Å². The molecule has 0 rings (SSSR count). The summed E-state index contributed by atoms with van der Waals surface area (Å²) in [5.74, 6) is 0.289. The molecule has 0 aliphatic rings. The number of amides is 1. The van der Waals surface area contributed by atoms with Crippen molar-refractivity contribution in [2.75, 3.05) is 13.2 Å². The Morgan fingerprint density at radius 3 is 2.39 bits per heavy atom. The lowest BCUT2D eigenvalue weighted by Crippen LogP contribution is -2.41. The fourth-order valence-corrected chi connectivity index (χ4v) is 1.78. The Labute approximate surface area is 111 Å². The monoisotopic (exact) mass is 250 g/mol. The molecule has 0 aromatic heterocycles. The summed E-state index contributed by atoms with van der Waals surface area (Å²) in [4.78, 5) is 14.0. The third-order valence-corrected chi connectivity index (χ3v) is 2.66. The number of hydrogen-bond donors (Lipinski definition) is 1. The number of nitrogens with zero attached hydrogens (tertiary/aromatic N) is 1. The summed E-state index contributed by atoms with van der Waals surface area (Å²) >= 11 is 0. The van der Waals surface area contributed by atoms with Gasteiger partial charge in [-0.2, -0.15) is 0 Å². The van der Waals surface area contributed by atoms with E-state index in [2.05, 4.69) is 20.4 Å². The van der Waals surface area contributed by atoms with Gasteiger partial charge < -0.3 is 10.6 Å². The van der Waals surface area contributed by atoms with Crippen molar-refractivity contribution in [2.45, 2.75) is 27.7 Å². The molecule has 0 aromatic rings. The second-order valence-electron chi connectivity index (χ2n) is 4.76. The van der Waals surface area contributed by atoms with E-state index in [1.54, 1.807) is 11.0 Å². The molecule has 0 radical (unpaired) electrons. The molecule has 0 saturated carbocycles. The normalized spacial score (nSPS) is 14.0. The minimum Gasteiger partial charge on any atom is -0.329 e. The van der Waals surface area contributed by atoms with E-state index in [9.17, 15) is 4.79 Å². The molecule has 102 valence electrons. The second-order valence-corrected chi connectivity index (χ2v) is 4.76. The minimum absolute atomic E-state index is 0.0670. The van der Waals surface area contributed by atoms with Gasteiger partial charge in [0, 0.05) is 6.54 Å². The molecule has 0 spiro atoms. The number of rotatable bonds is 7. The molecule has 1 amide bonds. The van der Waals surface area contributed by atoms with Crippen molar-refractivity contribution in [1.82, 2.24) is 4.90 Å². The summed E-state index contributed by atoms with van der Waals surface area (Å²) in [5, 5.41) is 0. The number of carbonyl (C=O) groups is 1. The van der Waals surface area contributed by atoms with E-state index >= 15 is 0 Å². The van der Waals surface area contributed by atoms with Crippen LogP contribution in [0.5, 0.6) is 0 Å². The maximum absolute atomic E-state index is 12.3. The van der Waals surface area contributed by atoms with Crippen LogP contribution >= 0.6 is 0 Å². The summed E-state index contributed by atoms with van der Waals surface area (Å²) in [6.45, 7) is 12.6. The minimum atomic E-state index is -0.193. The lowest BCUT2D eigenvalue weighted by Gasteiger charge is -2.26. The molecular weight excluding hydrogens is 224 g/mol. The molecular formula is C15H26N2O. The predicted octanol–water partition coefficient (Wildman–Crippen LogP) is 2.71. The van der Waals surface area contributed by atoms with E-state index in [0.29, 0.717) is 12.5 Å². The predicted molar refractivity (Wildman–Crippen MR) is 77.9 cm³/mol. The Bertz CT molecular complexity index is 329. The molecule has 0 heterocycles. The first-order valence-electron chi connectivity index (χ1n) is 6.42. The summed E-state index contributed by atoms with van der Waals surface area (Å²) in [5.41, 5.74) is 6.61. The lowest BCUT2D eigenvalue weighted by atomic mass is 9.98. The van der Waals surface area contributed by atoms with Gasteiger partial charge in [0.05, 0.1) is 12.6 Å². The van der Waals surface area contributed by atoms with Crippen LogP contribution in [0.3, 0.4) is 0 Å². The van der Waals surface area contributed by atoms with Gasteiger partial charge >= 0.3 is 0 Å². The molecule has 0 saturated heterocycles. The third-order valence-electron chi connectivity index (χ3n) is 2.66. The van der Waals surface area contributed by atoms with Crippen molar-refractivity contribution < 1.29 is 4.79 Å². The Morgan fingerprint density at radius 1 is 1.39 bits per heavy atom.